The van der Waals surface area contributed by atoms with Crippen LogP contribution in [-0.2, 0) is 6.54 Å². The van der Waals surface area contributed by atoms with Crippen LogP contribution in [0.1, 0.15) is 25.3 Å². The van der Waals surface area contributed by atoms with Gasteiger partial charge in [0.05, 0.1) is 13.2 Å². The van der Waals surface area contributed by atoms with E-state index in [-0.39, 0.29) is 6.04 Å². The normalized spacial score (nSPS) is 11.9. The van der Waals surface area contributed by atoms with E-state index in [9.17, 15) is 0 Å². The zero-order valence-corrected chi connectivity index (χ0v) is 11.9. The largest absolute Gasteiger partial charge is 0.497 e. The molecule has 0 bridgehead atoms. The van der Waals surface area contributed by atoms with E-state index in [2.05, 4.69) is 34.1 Å². The van der Waals surface area contributed by atoms with Gasteiger partial charge >= 0.3 is 0 Å². The van der Waals surface area contributed by atoms with Crippen LogP contribution in [0.5, 0.6) is 5.75 Å². The third-order valence-corrected chi connectivity index (χ3v) is 3.34. The van der Waals surface area contributed by atoms with Gasteiger partial charge in [0, 0.05) is 11.0 Å². The van der Waals surface area contributed by atoms with E-state index >= 15 is 0 Å². The molecule has 0 saturated heterocycles. The molecule has 1 aromatic carbocycles. The van der Waals surface area contributed by atoms with E-state index in [1.807, 2.05) is 18.2 Å². The highest BCUT2D eigenvalue weighted by Crippen LogP contribution is 2.22. The number of hydrogen-bond donors (Lipinski definition) is 1. The highest BCUT2D eigenvalue weighted by molar-refractivity contribution is 9.10. The molecule has 1 atom stereocenters. The average Bonchev–Trinajstić information content (AvgIpc) is 2.36. The van der Waals surface area contributed by atoms with E-state index in [4.69, 9.17) is 11.2 Å². The number of terminal acetylenes is 1. The smallest absolute Gasteiger partial charge is 0.119 e. The van der Waals surface area contributed by atoms with Crippen LogP contribution in [-0.4, -0.2) is 13.2 Å². The van der Waals surface area contributed by atoms with E-state index in [1.54, 1.807) is 7.11 Å². The molecule has 2 nitrogen and oxygen atoms in total. The second-order valence-electron chi connectivity index (χ2n) is 3.85. The zero-order valence-electron chi connectivity index (χ0n) is 10.3. The molecule has 1 N–H and O–H groups in total. The molecule has 3 heteroatoms. The summed E-state index contributed by atoms with van der Waals surface area (Å²) in [4.78, 5) is 0. The number of rotatable bonds is 6. The van der Waals surface area contributed by atoms with Crippen molar-refractivity contribution in [3.63, 3.8) is 0 Å². The summed E-state index contributed by atoms with van der Waals surface area (Å²) >= 11 is 3.52. The molecule has 0 amide bonds. The van der Waals surface area contributed by atoms with Crippen molar-refractivity contribution in [1.29, 1.82) is 0 Å². The standard InChI is InChI=1S/C14H18BrNO/c1-4-6-12(5-2)16-10-11-9-13(17-3)7-8-14(11)15/h2,7-9,12,16H,4,6,10H2,1,3H3. The minimum Gasteiger partial charge on any atom is -0.497 e. The fourth-order valence-electron chi connectivity index (χ4n) is 1.58. The summed E-state index contributed by atoms with van der Waals surface area (Å²) < 4.78 is 6.27. The molecule has 1 rings (SSSR count). The van der Waals surface area contributed by atoms with Crippen molar-refractivity contribution >= 4 is 15.9 Å². The summed E-state index contributed by atoms with van der Waals surface area (Å²) in [6.45, 7) is 2.88. The van der Waals surface area contributed by atoms with Crippen molar-refractivity contribution in [2.45, 2.75) is 32.4 Å². The maximum absolute atomic E-state index is 5.47. The third kappa shape index (κ3) is 4.41. The Morgan fingerprint density at radius 2 is 2.29 bits per heavy atom. The molecule has 0 saturated carbocycles. The molecule has 1 unspecified atom stereocenters. The second-order valence-corrected chi connectivity index (χ2v) is 4.70. The summed E-state index contributed by atoms with van der Waals surface area (Å²) in [6.07, 6.45) is 7.55. The second kappa shape index (κ2) is 7.37. The van der Waals surface area contributed by atoms with Gasteiger partial charge < -0.3 is 4.74 Å². The molecule has 0 aliphatic rings. The van der Waals surface area contributed by atoms with E-state index < -0.39 is 0 Å². The summed E-state index contributed by atoms with van der Waals surface area (Å²) in [7, 11) is 1.67. The van der Waals surface area contributed by atoms with Gasteiger partial charge in [0.15, 0.2) is 0 Å². The summed E-state index contributed by atoms with van der Waals surface area (Å²) in [6, 6.07) is 6.06. The number of ether oxygens (including phenoxy) is 1. The van der Waals surface area contributed by atoms with Gasteiger partial charge in [-0.2, -0.15) is 0 Å². The molecule has 17 heavy (non-hydrogen) atoms. The Morgan fingerprint density at radius 3 is 2.88 bits per heavy atom. The van der Waals surface area contributed by atoms with Crippen molar-refractivity contribution in [3.05, 3.63) is 28.2 Å². The lowest BCUT2D eigenvalue weighted by Crippen LogP contribution is -2.26. The van der Waals surface area contributed by atoms with E-state index in [0.717, 1.165) is 35.2 Å². The summed E-state index contributed by atoms with van der Waals surface area (Å²) in [5, 5.41) is 3.36. The summed E-state index contributed by atoms with van der Waals surface area (Å²) in [5.41, 5.74) is 1.15. The molecule has 0 radical (unpaired) electrons. The maximum atomic E-state index is 5.47. The first kappa shape index (κ1) is 14.1. The van der Waals surface area contributed by atoms with Gasteiger partial charge in [-0.15, -0.1) is 6.42 Å². The Bertz CT molecular complexity index is 398. The molecule has 92 valence electrons. The van der Waals surface area contributed by atoms with Crippen molar-refractivity contribution in [2.75, 3.05) is 7.11 Å². The first-order chi connectivity index (χ1) is 8.21. The van der Waals surface area contributed by atoms with Crippen LogP contribution in [0.3, 0.4) is 0 Å². The number of benzene rings is 1. The Kier molecular flexibility index (Phi) is 6.10. The van der Waals surface area contributed by atoms with Gasteiger partial charge in [-0.1, -0.05) is 35.2 Å². The van der Waals surface area contributed by atoms with Crippen LogP contribution < -0.4 is 10.1 Å². The molecule has 0 aliphatic carbocycles. The first-order valence-electron chi connectivity index (χ1n) is 5.73. The fraction of sp³-hybridized carbons (Fsp3) is 0.429. The Hall–Kier alpha value is -0.980. The van der Waals surface area contributed by atoms with Crippen molar-refractivity contribution < 1.29 is 4.74 Å². The number of methoxy groups -OCH3 is 1. The van der Waals surface area contributed by atoms with Gasteiger partial charge in [0.2, 0.25) is 0 Å². The van der Waals surface area contributed by atoms with Crippen LogP contribution in [0.15, 0.2) is 22.7 Å². The van der Waals surface area contributed by atoms with Crippen molar-refractivity contribution in [1.82, 2.24) is 5.32 Å². The molecule has 1 aromatic rings. The van der Waals surface area contributed by atoms with Crippen LogP contribution in [0, 0.1) is 12.3 Å². The third-order valence-electron chi connectivity index (χ3n) is 2.57. The highest BCUT2D eigenvalue weighted by atomic mass is 79.9. The number of hydrogen-bond acceptors (Lipinski definition) is 2. The first-order valence-corrected chi connectivity index (χ1v) is 6.52. The van der Waals surface area contributed by atoms with E-state index in [0.29, 0.717) is 0 Å². The van der Waals surface area contributed by atoms with Gasteiger partial charge in [-0.3, -0.25) is 5.32 Å². The quantitative estimate of drug-likeness (QED) is 0.813. The minimum absolute atomic E-state index is 0.137. The number of nitrogens with one attached hydrogen (secondary N) is 1. The highest BCUT2D eigenvalue weighted by Gasteiger charge is 2.06. The van der Waals surface area contributed by atoms with Crippen LogP contribution in [0.2, 0.25) is 0 Å². The molecule has 0 fully saturated rings. The van der Waals surface area contributed by atoms with Crippen LogP contribution in [0.4, 0.5) is 0 Å². The number of halogens is 1. The SMILES string of the molecule is C#CC(CCC)NCc1cc(OC)ccc1Br. The predicted molar refractivity (Wildman–Crippen MR) is 75.1 cm³/mol. The average molecular weight is 296 g/mol. The summed E-state index contributed by atoms with van der Waals surface area (Å²) in [5.74, 6) is 3.62. The predicted octanol–water partition coefficient (Wildman–Crippen LogP) is 3.35. The van der Waals surface area contributed by atoms with Crippen molar-refractivity contribution in [2.24, 2.45) is 0 Å². The lowest BCUT2D eigenvalue weighted by atomic mass is 10.1. The molecular formula is C14H18BrNO. The molecule has 0 spiro atoms. The topological polar surface area (TPSA) is 21.3 Å². The van der Waals surface area contributed by atoms with Crippen LogP contribution in [0.25, 0.3) is 0 Å². The zero-order chi connectivity index (χ0) is 12.7. The van der Waals surface area contributed by atoms with Gasteiger partial charge in [-0.05, 0) is 30.2 Å². The van der Waals surface area contributed by atoms with E-state index in [1.165, 1.54) is 0 Å². The molecule has 0 heterocycles. The molecular weight excluding hydrogens is 278 g/mol. The molecule has 0 aliphatic heterocycles. The van der Waals surface area contributed by atoms with Gasteiger partial charge in [0.1, 0.15) is 5.75 Å². The lowest BCUT2D eigenvalue weighted by molar-refractivity contribution is 0.413. The Morgan fingerprint density at radius 1 is 1.53 bits per heavy atom. The maximum Gasteiger partial charge on any atom is 0.119 e. The van der Waals surface area contributed by atoms with Gasteiger partial charge in [0.25, 0.3) is 0 Å². The van der Waals surface area contributed by atoms with Gasteiger partial charge in [-0.25, -0.2) is 0 Å². The fourth-order valence-corrected chi connectivity index (χ4v) is 1.97. The molecule has 0 aromatic heterocycles. The Labute approximate surface area is 112 Å². The van der Waals surface area contributed by atoms with Crippen LogP contribution >= 0.6 is 15.9 Å². The monoisotopic (exact) mass is 295 g/mol. The Balaban J connectivity index is 2.65. The van der Waals surface area contributed by atoms with Crippen molar-refractivity contribution in [3.8, 4) is 18.1 Å². The minimum atomic E-state index is 0.137. The lowest BCUT2D eigenvalue weighted by Gasteiger charge is -2.13.